The monoisotopic (exact) mass is 246 g/mol. The fraction of sp³-hybridized carbons (Fsp3) is 1.00. The van der Waals surface area contributed by atoms with Crippen molar-refractivity contribution in [1.82, 2.24) is 0 Å². The topological polar surface area (TPSA) is 0 Å². The first-order valence-corrected chi connectivity index (χ1v) is 5.60. The lowest BCUT2D eigenvalue weighted by molar-refractivity contribution is 0.392. The normalized spacial score (nSPS) is 56.2. The Morgan fingerprint density at radius 2 is 1.67 bits per heavy atom. The number of rotatable bonds is 0. The second kappa shape index (κ2) is 2.39. The Labute approximate surface area is 92.5 Å². The zero-order valence-electron chi connectivity index (χ0n) is 6.71. The second-order valence-electron chi connectivity index (χ2n) is 4.01. The average Bonchev–Trinajstić information content (AvgIpc) is 2.18. The Morgan fingerprint density at radius 3 is 1.83 bits per heavy atom. The number of alkyl halides is 4. The summed E-state index contributed by atoms with van der Waals surface area (Å²) in [6, 6.07) is 0. The highest BCUT2D eigenvalue weighted by atomic mass is 35.5. The van der Waals surface area contributed by atoms with Crippen LogP contribution >= 0.6 is 46.4 Å². The minimum atomic E-state index is -0.956. The van der Waals surface area contributed by atoms with Crippen molar-refractivity contribution in [3.8, 4) is 0 Å². The highest BCUT2D eigenvalue weighted by molar-refractivity contribution is 6.59. The van der Waals surface area contributed by atoms with E-state index in [0.717, 1.165) is 19.3 Å². The Bertz CT molecular complexity index is 224. The molecule has 2 fully saturated rings. The van der Waals surface area contributed by atoms with Crippen molar-refractivity contribution in [2.24, 2.45) is 5.92 Å². The third kappa shape index (κ3) is 0.834. The van der Waals surface area contributed by atoms with Crippen molar-refractivity contribution in [3.05, 3.63) is 0 Å². The predicted molar refractivity (Wildman–Crippen MR) is 54.6 cm³/mol. The molecule has 0 aromatic heterocycles. The highest BCUT2D eigenvalue weighted by Crippen LogP contribution is 2.70. The van der Waals surface area contributed by atoms with Gasteiger partial charge in [0.25, 0.3) is 0 Å². The van der Waals surface area contributed by atoms with Crippen molar-refractivity contribution in [3.63, 3.8) is 0 Å². The van der Waals surface area contributed by atoms with Gasteiger partial charge in [0.05, 0.1) is 9.75 Å². The predicted octanol–water partition coefficient (Wildman–Crippen LogP) is 3.95. The summed E-state index contributed by atoms with van der Waals surface area (Å²) in [5, 5.41) is 0. The molecule has 12 heavy (non-hydrogen) atoms. The van der Waals surface area contributed by atoms with Crippen molar-refractivity contribution >= 4 is 46.4 Å². The van der Waals surface area contributed by atoms with Crippen LogP contribution in [0.4, 0.5) is 0 Å². The molecule has 0 aromatic rings. The van der Waals surface area contributed by atoms with Crippen molar-refractivity contribution in [2.45, 2.75) is 40.3 Å². The minimum Gasteiger partial charge on any atom is -0.116 e. The van der Waals surface area contributed by atoms with E-state index < -0.39 is 14.1 Å². The summed E-state index contributed by atoms with van der Waals surface area (Å²) in [5.74, 6) is 0.306. The van der Waals surface area contributed by atoms with Crippen LogP contribution in [0.15, 0.2) is 0 Å². The van der Waals surface area contributed by atoms with Gasteiger partial charge in [-0.3, -0.25) is 0 Å². The van der Waals surface area contributed by atoms with Crippen LogP contribution in [-0.4, -0.2) is 14.1 Å². The second-order valence-corrected chi connectivity index (χ2v) is 6.73. The van der Waals surface area contributed by atoms with Gasteiger partial charge in [0.1, 0.15) is 0 Å². The van der Waals surface area contributed by atoms with Gasteiger partial charge in [-0.1, -0.05) is 30.1 Å². The maximum Gasteiger partial charge on any atom is 0.156 e. The van der Waals surface area contributed by atoms with E-state index >= 15 is 0 Å². The minimum absolute atomic E-state index is 0.306. The smallest absolute Gasteiger partial charge is 0.116 e. The van der Waals surface area contributed by atoms with Crippen LogP contribution in [0.2, 0.25) is 0 Å². The number of halogens is 4. The van der Waals surface area contributed by atoms with Crippen LogP contribution in [0, 0.1) is 5.92 Å². The van der Waals surface area contributed by atoms with Crippen LogP contribution in [0.3, 0.4) is 0 Å². The van der Waals surface area contributed by atoms with E-state index in [-0.39, 0.29) is 0 Å². The van der Waals surface area contributed by atoms with E-state index in [0.29, 0.717) is 5.92 Å². The molecule has 0 heterocycles. The van der Waals surface area contributed by atoms with E-state index in [1.54, 1.807) is 0 Å². The molecule has 70 valence electrons. The maximum atomic E-state index is 6.38. The Morgan fingerprint density at radius 1 is 1.08 bits per heavy atom. The molecule has 2 bridgehead atoms. The number of fused-ring (bicyclic) bond motifs is 2. The molecule has 3 atom stereocenters. The van der Waals surface area contributed by atoms with Gasteiger partial charge < -0.3 is 0 Å². The Hall–Kier alpha value is 1.16. The van der Waals surface area contributed by atoms with Gasteiger partial charge in [-0.15, -0.1) is 23.2 Å². The highest BCUT2D eigenvalue weighted by Gasteiger charge is 2.73. The quantitative estimate of drug-likeness (QED) is 0.569. The molecule has 2 saturated carbocycles. The van der Waals surface area contributed by atoms with Gasteiger partial charge in [-0.05, 0) is 25.2 Å². The summed E-state index contributed by atoms with van der Waals surface area (Å²) in [6.07, 6.45) is 2.48. The summed E-state index contributed by atoms with van der Waals surface area (Å²) in [7, 11) is 0. The fourth-order valence-electron chi connectivity index (χ4n) is 2.50. The summed E-state index contributed by atoms with van der Waals surface area (Å²) < 4.78 is -0.956. The first kappa shape index (κ1) is 9.71. The zero-order valence-corrected chi connectivity index (χ0v) is 9.73. The molecule has 2 rings (SSSR count). The molecular weight excluding hydrogens is 238 g/mol. The van der Waals surface area contributed by atoms with Gasteiger partial charge >= 0.3 is 0 Å². The first-order chi connectivity index (χ1) is 5.33. The molecular formula is C8H10Cl4. The van der Waals surface area contributed by atoms with Gasteiger partial charge in [0, 0.05) is 0 Å². The van der Waals surface area contributed by atoms with Gasteiger partial charge in [-0.2, -0.15) is 0 Å². The van der Waals surface area contributed by atoms with E-state index in [4.69, 9.17) is 46.4 Å². The molecule has 0 saturated heterocycles. The summed E-state index contributed by atoms with van der Waals surface area (Å²) in [4.78, 5) is -0.991. The molecule has 0 spiro atoms. The van der Waals surface area contributed by atoms with Gasteiger partial charge in [-0.25, -0.2) is 0 Å². The summed E-state index contributed by atoms with van der Waals surface area (Å²) in [5.41, 5.74) is 0. The maximum absolute atomic E-state index is 6.38. The molecule has 3 unspecified atom stereocenters. The van der Waals surface area contributed by atoms with Crippen molar-refractivity contribution in [2.75, 3.05) is 0 Å². The lowest BCUT2D eigenvalue weighted by atomic mass is 9.90. The number of hydrogen-bond donors (Lipinski definition) is 0. The third-order valence-electron chi connectivity index (χ3n) is 3.38. The summed E-state index contributed by atoms with van der Waals surface area (Å²) >= 11 is 25.1. The van der Waals surface area contributed by atoms with E-state index in [1.165, 1.54) is 0 Å². The molecule has 0 nitrogen and oxygen atoms in total. The van der Waals surface area contributed by atoms with Crippen molar-refractivity contribution in [1.29, 1.82) is 0 Å². The molecule has 0 N–H and O–H groups in total. The average molecular weight is 248 g/mol. The molecule has 0 aromatic carbocycles. The fourth-order valence-corrected chi connectivity index (χ4v) is 4.30. The van der Waals surface area contributed by atoms with Crippen molar-refractivity contribution < 1.29 is 0 Å². The zero-order chi connectivity index (χ0) is 9.20. The van der Waals surface area contributed by atoms with Crippen LogP contribution < -0.4 is 0 Å². The molecule has 2 aliphatic carbocycles. The van der Waals surface area contributed by atoms with Gasteiger partial charge in [0.2, 0.25) is 0 Å². The molecule has 0 amide bonds. The van der Waals surface area contributed by atoms with Crippen LogP contribution in [-0.2, 0) is 0 Å². The van der Waals surface area contributed by atoms with Crippen LogP contribution in [0.5, 0.6) is 0 Å². The summed E-state index contributed by atoms with van der Waals surface area (Å²) in [6.45, 7) is 2.07. The molecule has 2 aliphatic rings. The largest absolute Gasteiger partial charge is 0.156 e. The number of hydrogen-bond acceptors (Lipinski definition) is 0. The molecule has 0 aliphatic heterocycles. The van der Waals surface area contributed by atoms with Gasteiger partial charge in [0.15, 0.2) is 4.33 Å². The lowest BCUT2D eigenvalue weighted by Crippen LogP contribution is -2.41. The van der Waals surface area contributed by atoms with E-state index in [1.807, 2.05) is 0 Å². The first-order valence-electron chi connectivity index (χ1n) is 4.09. The Kier molecular flexibility index (Phi) is 1.93. The SMILES string of the molecule is CC1CC2(Cl)CCC1(Cl)C2(Cl)Cl. The standard InChI is InChI=1S/C8H10Cl4/c1-5-4-6(9)2-3-7(5,10)8(6,11)12/h5H,2-4H2,1H3. The van der Waals surface area contributed by atoms with Crippen LogP contribution in [0.25, 0.3) is 0 Å². The van der Waals surface area contributed by atoms with E-state index in [9.17, 15) is 0 Å². The molecule has 0 radical (unpaired) electrons. The van der Waals surface area contributed by atoms with E-state index in [2.05, 4.69) is 6.92 Å². The Balaban J connectivity index is 2.49. The molecule has 4 heteroatoms. The lowest BCUT2D eigenvalue weighted by Gasteiger charge is -2.31. The van der Waals surface area contributed by atoms with Crippen LogP contribution in [0.1, 0.15) is 26.2 Å². The third-order valence-corrected chi connectivity index (χ3v) is 6.64.